The van der Waals surface area contributed by atoms with Gasteiger partial charge in [-0.25, -0.2) is 4.79 Å². The molecule has 0 saturated heterocycles. The molecule has 0 aromatic carbocycles. The van der Waals surface area contributed by atoms with Crippen molar-refractivity contribution in [3.63, 3.8) is 0 Å². The molecule has 0 aliphatic heterocycles. The van der Waals surface area contributed by atoms with E-state index in [2.05, 4.69) is 12.2 Å². The highest BCUT2D eigenvalue weighted by Gasteiger charge is 2.24. The van der Waals surface area contributed by atoms with Crippen LogP contribution in [-0.2, 0) is 6.54 Å². The van der Waals surface area contributed by atoms with Gasteiger partial charge in [0.15, 0.2) is 0 Å². The molecule has 1 saturated carbocycles. The van der Waals surface area contributed by atoms with Crippen molar-refractivity contribution in [2.24, 2.45) is 5.92 Å². The fourth-order valence-electron chi connectivity index (χ4n) is 2.04. The van der Waals surface area contributed by atoms with Gasteiger partial charge in [0.05, 0.1) is 6.26 Å². The van der Waals surface area contributed by atoms with Crippen LogP contribution in [0.3, 0.4) is 0 Å². The molecule has 0 amide bonds. The molecule has 2 N–H and O–H groups in total. The number of carbonyl (C=O) groups is 1. The Labute approximate surface area is 94.6 Å². The van der Waals surface area contributed by atoms with Crippen molar-refractivity contribution in [3.05, 3.63) is 23.7 Å². The minimum absolute atomic E-state index is 0.0494. The van der Waals surface area contributed by atoms with Crippen LogP contribution in [0.25, 0.3) is 0 Å². The Morgan fingerprint density at radius 2 is 2.44 bits per heavy atom. The normalized spacial score (nSPS) is 18.1. The second-order valence-corrected chi connectivity index (χ2v) is 4.44. The van der Waals surface area contributed by atoms with Crippen molar-refractivity contribution in [2.45, 2.75) is 38.8 Å². The maximum Gasteiger partial charge on any atom is 0.372 e. The van der Waals surface area contributed by atoms with Crippen molar-refractivity contribution >= 4 is 5.97 Å². The highest BCUT2D eigenvalue weighted by atomic mass is 16.4. The van der Waals surface area contributed by atoms with Crippen molar-refractivity contribution in [1.29, 1.82) is 0 Å². The smallest absolute Gasteiger partial charge is 0.372 e. The number of nitrogens with one attached hydrogen (secondary N) is 1. The van der Waals surface area contributed by atoms with Crippen LogP contribution in [0.4, 0.5) is 0 Å². The Hall–Kier alpha value is -1.29. The first-order valence-electron chi connectivity index (χ1n) is 5.71. The molecule has 0 spiro atoms. The molecule has 1 aromatic rings. The lowest BCUT2D eigenvalue weighted by molar-refractivity contribution is 0.0660. The van der Waals surface area contributed by atoms with E-state index in [1.165, 1.54) is 25.5 Å². The van der Waals surface area contributed by atoms with Gasteiger partial charge in [0, 0.05) is 18.2 Å². The zero-order valence-electron chi connectivity index (χ0n) is 9.40. The first kappa shape index (κ1) is 11.2. The average molecular weight is 223 g/mol. The third-order valence-corrected chi connectivity index (χ3v) is 3.41. The molecule has 4 nitrogen and oxygen atoms in total. The molecule has 1 fully saturated rings. The summed E-state index contributed by atoms with van der Waals surface area (Å²) in [6, 6.07) is 2.16. The van der Waals surface area contributed by atoms with Gasteiger partial charge in [-0.1, -0.05) is 6.42 Å². The lowest BCUT2D eigenvalue weighted by Gasteiger charge is -2.32. The Bertz CT molecular complexity index is 368. The molecule has 1 aliphatic rings. The van der Waals surface area contributed by atoms with Crippen LogP contribution >= 0.6 is 0 Å². The maximum atomic E-state index is 10.8. The predicted octanol–water partition coefficient (Wildman–Crippen LogP) is 2.26. The number of carboxylic acid groups (broad SMARTS) is 1. The molecule has 1 heterocycles. The van der Waals surface area contributed by atoms with Crippen LogP contribution in [0, 0.1) is 5.92 Å². The third-order valence-electron chi connectivity index (χ3n) is 3.41. The summed E-state index contributed by atoms with van der Waals surface area (Å²) in [6.07, 6.45) is 5.31. The van der Waals surface area contributed by atoms with Gasteiger partial charge in [-0.05, 0) is 31.7 Å². The Morgan fingerprint density at radius 1 is 1.69 bits per heavy atom. The van der Waals surface area contributed by atoms with Crippen LogP contribution in [0.5, 0.6) is 0 Å². The highest BCUT2D eigenvalue weighted by molar-refractivity contribution is 5.86. The Morgan fingerprint density at radius 3 is 3.00 bits per heavy atom. The summed E-state index contributed by atoms with van der Waals surface area (Å²) in [4.78, 5) is 10.8. The minimum Gasteiger partial charge on any atom is -0.475 e. The number of furan rings is 1. The topological polar surface area (TPSA) is 62.5 Å². The largest absolute Gasteiger partial charge is 0.475 e. The second kappa shape index (κ2) is 4.70. The molecule has 0 radical (unpaired) electrons. The van der Waals surface area contributed by atoms with Gasteiger partial charge in [0.25, 0.3) is 0 Å². The monoisotopic (exact) mass is 223 g/mol. The van der Waals surface area contributed by atoms with Gasteiger partial charge in [0.1, 0.15) is 0 Å². The third kappa shape index (κ3) is 2.27. The molecule has 1 aromatic heterocycles. The number of rotatable bonds is 5. The maximum absolute atomic E-state index is 10.8. The number of aromatic carboxylic acids is 1. The van der Waals surface area contributed by atoms with E-state index in [1.807, 2.05) is 0 Å². The molecule has 2 rings (SSSR count). The second-order valence-electron chi connectivity index (χ2n) is 4.44. The van der Waals surface area contributed by atoms with Gasteiger partial charge in [-0.2, -0.15) is 0 Å². The molecular weight excluding hydrogens is 206 g/mol. The predicted molar refractivity (Wildman–Crippen MR) is 59.3 cm³/mol. The summed E-state index contributed by atoms with van der Waals surface area (Å²) in [7, 11) is 0. The highest BCUT2D eigenvalue weighted by Crippen LogP contribution is 2.29. The van der Waals surface area contributed by atoms with Crippen LogP contribution in [0.15, 0.2) is 16.7 Å². The summed E-state index contributed by atoms with van der Waals surface area (Å²) in [5.41, 5.74) is 0.721. The summed E-state index contributed by atoms with van der Waals surface area (Å²) < 4.78 is 4.92. The molecule has 0 bridgehead atoms. The van der Waals surface area contributed by atoms with E-state index in [0.29, 0.717) is 12.6 Å². The standard InChI is InChI=1S/C12H17NO3/c1-8(9-3-2-4-9)13-7-10-5-6-16-11(10)12(14)15/h5-6,8-9,13H,2-4,7H2,1H3,(H,14,15). The van der Waals surface area contributed by atoms with Gasteiger partial charge in [-0.3, -0.25) is 0 Å². The van der Waals surface area contributed by atoms with E-state index in [0.717, 1.165) is 11.5 Å². The van der Waals surface area contributed by atoms with Gasteiger partial charge in [0.2, 0.25) is 5.76 Å². The van der Waals surface area contributed by atoms with Crippen LogP contribution < -0.4 is 5.32 Å². The summed E-state index contributed by atoms with van der Waals surface area (Å²) in [6.45, 7) is 2.72. The minimum atomic E-state index is -1.00. The van der Waals surface area contributed by atoms with E-state index < -0.39 is 5.97 Å². The number of carboxylic acids is 1. The van der Waals surface area contributed by atoms with E-state index in [-0.39, 0.29) is 5.76 Å². The average Bonchev–Trinajstić information content (AvgIpc) is 2.59. The van der Waals surface area contributed by atoms with E-state index >= 15 is 0 Å². The van der Waals surface area contributed by atoms with Crippen molar-refractivity contribution in [3.8, 4) is 0 Å². The molecule has 16 heavy (non-hydrogen) atoms. The Balaban J connectivity index is 1.88. The van der Waals surface area contributed by atoms with Crippen molar-refractivity contribution < 1.29 is 14.3 Å². The molecule has 1 aliphatic carbocycles. The van der Waals surface area contributed by atoms with Crippen LogP contribution in [-0.4, -0.2) is 17.1 Å². The van der Waals surface area contributed by atoms with E-state index in [4.69, 9.17) is 9.52 Å². The first-order valence-corrected chi connectivity index (χ1v) is 5.71. The van der Waals surface area contributed by atoms with E-state index in [1.54, 1.807) is 6.07 Å². The molecular formula is C12H17NO3. The lowest BCUT2D eigenvalue weighted by Crippen LogP contribution is -2.36. The molecule has 4 heteroatoms. The SMILES string of the molecule is CC(NCc1ccoc1C(=O)O)C1CCC1. The van der Waals surface area contributed by atoms with Gasteiger partial charge < -0.3 is 14.8 Å². The van der Waals surface area contributed by atoms with Crippen molar-refractivity contribution in [2.75, 3.05) is 0 Å². The fourth-order valence-corrected chi connectivity index (χ4v) is 2.04. The summed E-state index contributed by atoms with van der Waals surface area (Å²) >= 11 is 0. The van der Waals surface area contributed by atoms with E-state index in [9.17, 15) is 4.79 Å². The molecule has 1 atom stereocenters. The van der Waals surface area contributed by atoms with Crippen molar-refractivity contribution in [1.82, 2.24) is 5.32 Å². The van der Waals surface area contributed by atoms with Gasteiger partial charge >= 0.3 is 5.97 Å². The zero-order chi connectivity index (χ0) is 11.5. The van der Waals surface area contributed by atoms with Crippen LogP contribution in [0.1, 0.15) is 42.3 Å². The number of hydrogen-bond donors (Lipinski definition) is 2. The molecule has 88 valence electrons. The Kier molecular flexibility index (Phi) is 3.29. The summed E-state index contributed by atoms with van der Waals surface area (Å²) in [5.74, 6) is -0.202. The fraction of sp³-hybridized carbons (Fsp3) is 0.583. The van der Waals surface area contributed by atoms with Crippen LogP contribution in [0.2, 0.25) is 0 Å². The summed E-state index contributed by atoms with van der Waals surface area (Å²) in [5, 5.41) is 12.2. The molecule has 1 unspecified atom stereocenters. The quantitative estimate of drug-likeness (QED) is 0.803. The first-order chi connectivity index (χ1) is 7.68. The zero-order valence-corrected chi connectivity index (χ0v) is 9.40. The lowest BCUT2D eigenvalue weighted by atomic mass is 9.80. The number of hydrogen-bond acceptors (Lipinski definition) is 3. The van der Waals surface area contributed by atoms with Gasteiger partial charge in [-0.15, -0.1) is 0 Å².